The third kappa shape index (κ3) is 3.20. The maximum Gasteiger partial charge on any atom is 0.321 e. The van der Waals surface area contributed by atoms with Crippen molar-refractivity contribution < 1.29 is 9.59 Å². The molecule has 1 saturated heterocycles. The molecule has 0 saturated carbocycles. The molecule has 0 aliphatic carbocycles. The molecule has 0 bridgehead atoms. The Morgan fingerprint density at radius 1 is 1.39 bits per heavy atom. The van der Waals surface area contributed by atoms with Gasteiger partial charge >= 0.3 is 6.03 Å². The summed E-state index contributed by atoms with van der Waals surface area (Å²) in [7, 11) is 1.49. The number of nitrogens with one attached hydrogen (secondary N) is 2. The van der Waals surface area contributed by atoms with Gasteiger partial charge in [0.1, 0.15) is 5.01 Å². The van der Waals surface area contributed by atoms with Crippen LogP contribution in [0.1, 0.15) is 30.8 Å². The van der Waals surface area contributed by atoms with E-state index in [1.807, 2.05) is 25.1 Å². The predicted octanol–water partition coefficient (Wildman–Crippen LogP) is 2.28. The van der Waals surface area contributed by atoms with E-state index in [1.165, 1.54) is 7.05 Å². The van der Waals surface area contributed by atoms with Crippen LogP contribution in [0.3, 0.4) is 0 Å². The number of thiazole rings is 1. The van der Waals surface area contributed by atoms with E-state index in [0.717, 1.165) is 34.6 Å². The first kappa shape index (κ1) is 15.9. The van der Waals surface area contributed by atoms with Gasteiger partial charge in [0.2, 0.25) is 5.91 Å². The first-order valence-corrected chi connectivity index (χ1v) is 8.55. The monoisotopic (exact) mass is 332 g/mol. The number of benzene rings is 1. The first-order chi connectivity index (χ1) is 11.1. The summed E-state index contributed by atoms with van der Waals surface area (Å²) >= 11 is 1.68. The third-order valence-electron chi connectivity index (χ3n) is 4.23. The van der Waals surface area contributed by atoms with Gasteiger partial charge in [0.05, 0.1) is 22.3 Å². The van der Waals surface area contributed by atoms with Crippen LogP contribution in [-0.2, 0) is 4.79 Å². The van der Waals surface area contributed by atoms with Gasteiger partial charge in [0.15, 0.2) is 0 Å². The van der Waals surface area contributed by atoms with Crippen molar-refractivity contribution >= 4 is 33.5 Å². The number of likely N-dealkylation sites (tertiary alicyclic amines) is 1. The summed E-state index contributed by atoms with van der Waals surface area (Å²) in [5.74, 6) is -0.280. The summed E-state index contributed by atoms with van der Waals surface area (Å²) in [6.07, 6.45) is 2.01. The Hall–Kier alpha value is -1.99. The summed E-state index contributed by atoms with van der Waals surface area (Å²) in [5.41, 5.74) is 1.00. The summed E-state index contributed by atoms with van der Waals surface area (Å²) in [6, 6.07) is 7.36. The molecule has 2 aromatic rings. The van der Waals surface area contributed by atoms with E-state index >= 15 is 0 Å². The topological polar surface area (TPSA) is 74.3 Å². The molecule has 1 aliphatic rings. The lowest BCUT2D eigenvalue weighted by Gasteiger charge is -2.28. The molecule has 2 heterocycles. The SMILES string of the molecule is CNC(=O)NC(=O)C(C)N1CCCC1c1nc2ccccc2s1. The van der Waals surface area contributed by atoms with Crippen LogP contribution in [0.4, 0.5) is 4.79 Å². The molecule has 23 heavy (non-hydrogen) atoms. The Morgan fingerprint density at radius 3 is 2.91 bits per heavy atom. The summed E-state index contributed by atoms with van der Waals surface area (Å²) in [4.78, 5) is 30.4. The van der Waals surface area contributed by atoms with Crippen molar-refractivity contribution in [3.63, 3.8) is 0 Å². The fourth-order valence-corrected chi connectivity index (χ4v) is 4.10. The van der Waals surface area contributed by atoms with Gasteiger partial charge in [-0.15, -0.1) is 11.3 Å². The van der Waals surface area contributed by atoms with Crippen molar-refractivity contribution in [1.82, 2.24) is 20.5 Å². The zero-order valence-electron chi connectivity index (χ0n) is 13.2. The lowest BCUT2D eigenvalue weighted by molar-refractivity contribution is -0.125. The quantitative estimate of drug-likeness (QED) is 0.904. The second-order valence-corrected chi connectivity index (χ2v) is 6.72. The van der Waals surface area contributed by atoms with Gasteiger partial charge in [-0.1, -0.05) is 12.1 Å². The molecular formula is C16H20N4O2S. The fraction of sp³-hybridized carbons (Fsp3) is 0.438. The standard InChI is InChI=1S/C16H20N4O2S/c1-10(14(21)19-16(22)17-2)20-9-5-7-12(20)15-18-11-6-3-4-8-13(11)23-15/h3-4,6,8,10,12H,5,7,9H2,1-2H3,(H2,17,19,21,22). The molecule has 6 nitrogen and oxygen atoms in total. The molecule has 0 radical (unpaired) electrons. The Morgan fingerprint density at radius 2 is 2.17 bits per heavy atom. The highest BCUT2D eigenvalue weighted by atomic mass is 32.1. The molecular weight excluding hydrogens is 312 g/mol. The van der Waals surface area contributed by atoms with E-state index in [2.05, 4.69) is 21.6 Å². The van der Waals surface area contributed by atoms with Crippen LogP contribution >= 0.6 is 11.3 Å². The van der Waals surface area contributed by atoms with E-state index in [9.17, 15) is 9.59 Å². The molecule has 3 rings (SSSR count). The number of urea groups is 1. The summed E-state index contributed by atoms with van der Waals surface area (Å²) < 4.78 is 1.16. The zero-order valence-corrected chi connectivity index (χ0v) is 14.0. The average Bonchev–Trinajstić information content (AvgIpc) is 3.19. The number of imide groups is 1. The largest absolute Gasteiger partial charge is 0.341 e. The number of carbonyl (C=O) groups excluding carboxylic acids is 2. The van der Waals surface area contributed by atoms with Crippen molar-refractivity contribution in [2.75, 3.05) is 13.6 Å². The average molecular weight is 332 g/mol. The molecule has 2 N–H and O–H groups in total. The molecule has 122 valence electrons. The number of aromatic nitrogens is 1. The zero-order chi connectivity index (χ0) is 16.4. The number of fused-ring (bicyclic) bond motifs is 1. The summed E-state index contributed by atoms with van der Waals surface area (Å²) in [5, 5.41) is 5.80. The minimum atomic E-state index is -0.474. The fourth-order valence-electron chi connectivity index (χ4n) is 2.98. The molecule has 0 spiro atoms. The molecule has 1 aromatic heterocycles. The molecule has 1 aliphatic heterocycles. The Kier molecular flexibility index (Phi) is 4.58. The van der Waals surface area contributed by atoms with Crippen LogP contribution in [0.25, 0.3) is 10.2 Å². The molecule has 1 fully saturated rings. The minimum absolute atomic E-state index is 0.137. The molecule has 7 heteroatoms. The second kappa shape index (κ2) is 6.64. The number of nitrogens with zero attached hydrogens (tertiary/aromatic N) is 2. The third-order valence-corrected chi connectivity index (χ3v) is 5.37. The number of hydrogen-bond acceptors (Lipinski definition) is 5. The number of hydrogen-bond donors (Lipinski definition) is 2. The lowest BCUT2D eigenvalue weighted by Crippen LogP contribution is -2.48. The number of para-hydroxylation sites is 1. The van der Waals surface area contributed by atoms with Crippen molar-refractivity contribution in [3.8, 4) is 0 Å². The van der Waals surface area contributed by atoms with Crippen LogP contribution in [0, 0.1) is 0 Å². The van der Waals surface area contributed by atoms with Crippen molar-refractivity contribution in [3.05, 3.63) is 29.3 Å². The van der Waals surface area contributed by atoms with Gasteiger partial charge < -0.3 is 5.32 Å². The van der Waals surface area contributed by atoms with Crippen LogP contribution in [-0.4, -0.2) is 41.5 Å². The van der Waals surface area contributed by atoms with E-state index in [0.29, 0.717) is 0 Å². The lowest BCUT2D eigenvalue weighted by atomic mass is 10.2. The van der Waals surface area contributed by atoms with Gasteiger partial charge in [-0.05, 0) is 38.4 Å². The van der Waals surface area contributed by atoms with Crippen LogP contribution < -0.4 is 10.6 Å². The Labute approximate surface area is 138 Å². The maximum absolute atomic E-state index is 12.2. The van der Waals surface area contributed by atoms with Crippen molar-refractivity contribution in [2.45, 2.75) is 31.8 Å². The highest BCUT2D eigenvalue weighted by Gasteiger charge is 2.35. The van der Waals surface area contributed by atoms with Crippen LogP contribution in [0.5, 0.6) is 0 Å². The van der Waals surface area contributed by atoms with E-state index in [1.54, 1.807) is 11.3 Å². The Balaban J connectivity index is 1.79. The predicted molar refractivity (Wildman–Crippen MR) is 90.4 cm³/mol. The molecule has 2 unspecified atom stereocenters. The van der Waals surface area contributed by atoms with E-state index < -0.39 is 6.03 Å². The van der Waals surface area contributed by atoms with Gasteiger partial charge in [0, 0.05) is 7.05 Å². The highest BCUT2D eigenvalue weighted by molar-refractivity contribution is 7.18. The van der Waals surface area contributed by atoms with Crippen LogP contribution in [0.15, 0.2) is 24.3 Å². The molecule has 1 aromatic carbocycles. The molecule has 3 amide bonds. The van der Waals surface area contributed by atoms with Gasteiger partial charge in [-0.25, -0.2) is 9.78 Å². The van der Waals surface area contributed by atoms with E-state index in [4.69, 9.17) is 4.98 Å². The second-order valence-electron chi connectivity index (χ2n) is 5.66. The smallest absolute Gasteiger partial charge is 0.321 e. The first-order valence-electron chi connectivity index (χ1n) is 7.74. The van der Waals surface area contributed by atoms with Crippen molar-refractivity contribution in [1.29, 1.82) is 0 Å². The maximum atomic E-state index is 12.2. The van der Waals surface area contributed by atoms with Gasteiger partial charge in [-0.3, -0.25) is 15.0 Å². The van der Waals surface area contributed by atoms with Gasteiger partial charge in [0.25, 0.3) is 0 Å². The van der Waals surface area contributed by atoms with E-state index in [-0.39, 0.29) is 18.0 Å². The number of carbonyl (C=O) groups is 2. The molecule has 2 atom stereocenters. The minimum Gasteiger partial charge on any atom is -0.341 e. The number of amides is 3. The number of rotatable bonds is 3. The normalized spacial score (nSPS) is 19.7. The van der Waals surface area contributed by atoms with Crippen LogP contribution in [0.2, 0.25) is 0 Å². The van der Waals surface area contributed by atoms with Crippen molar-refractivity contribution in [2.24, 2.45) is 0 Å². The Bertz CT molecular complexity index is 697. The summed E-state index contributed by atoms with van der Waals surface area (Å²) in [6.45, 7) is 2.67. The van der Waals surface area contributed by atoms with Gasteiger partial charge in [-0.2, -0.15) is 0 Å². The highest BCUT2D eigenvalue weighted by Crippen LogP contribution is 2.37.